The van der Waals surface area contributed by atoms with E-state index in [2.05, 4.69) is 5.32 Å². The number of nitrogens with zero attached hydrogens (tertiary/aromatic N) is 2. The van der Waals surface area contributed by atoms with Gasteiger partial charge in [-0.05, 0) is 37.8 Å². The molecular weight excluding hydrogens is 362 g/mol. The average Bonchev–Trinajstić information content (AvgIpc) is 3.32. The van der Waals surface area contributed by atoms with Crippen molar-refractivity contribution in [2.45, 2.75) is 31.7 Å². The lowest BCUT2D eigenvalue weighted by Gasteiger charge is -2.32. The number of rotatable bonds is 4. The van der Waals surface area contributed by atoms with Crippen molar-refractivity contribution in [3.05, 3.63) is 36.3 Å². The Morgan fingerprint density at radius 2 is 1.71 bits per heavy atom. The van der Waals surface area contributed by atoms with Gasteiger partial charge in [-0.1, -0.05) is 12.2 Å². The van der Waals surface area contributed by atoms with Gasteiger partial charge in [0, 0.05) is 19.1 Å². The minimum Gasteiger partial charge on any atom is -0.459 e. The molecule has 0 radical (unpaired) electrons. The number of fused-ring (bicyclic) bond motifs is 1. The number of furan rings is 1. The molecular formula is C20H23N3O5. The molecule has 0 spiro atoms. The molecule has 0 bridgehead atoms. The van der Waals surface area contributed by atoms with Crippen LogP contribution in [0.5, 0.6) is 0 Å². The molecule has 0 aromatic carbocycles. The van der Waals surface area contributed by atoms with Gasteiger partial charge in [0.15, 0.2) is 5.76 Å². The van der Waals surface area contributed by atoms with Gasteiger partial charge in [0.2, 0.25) is 17.7 Å². The fraction of sp³-hybridized carbons (Fsp3) is 0.500. The van der Waals surface area contributed by atoms with Gasteiger partial charge in [0.05, 0.1) is 18.1 Å². The molecule has 0 saturated carbocycles. The molecule has 2 saturated heterocycles. The molecule has 4 rings (SSSR count). The van der Waals surface area contributed by atoms with E-state index in [4.69, 9.17) is 4.42 Å². The number of likely N-dealkylation sites (tertiary alicyclic amines) is 2. The zero-order valence-corrected chi connectivity index (χ0v) is 15.5. The number of piperidine rings is 1. The third-order valence-electron chi connectivity index (χ3n) is 5.78. The van der Waals surface area contributed by atoms with Crippen molar-refractivity contribution in [2.75, 3.05) is 19.6 Å². The molecule has 2 fully saturated rings. The highest BCUT2D eigenvalue weighted by atomic mass is 16.3. The van der Waals surface area contributed by atoms with Gasteiger partial charge in [0.1, 0.15) is 6.54 Å². The summed E-state index contributed by atoms with van der Waals surface area (Å²) in [6, 6.07) is 3.23. The number of hydrogen-bond donors (Lipinski definition) is 1. The van der Waals surface area contributed by atoms with Gasteiger partial charge in [-0.2, -0.15) is 0 Å². The van der Waals surface area contributed by atoms with Gasteiger partial charge in [-0.3, -0.25) is 24.1 Å². The lowest BCUT2D eigenvalue weighted by Crippen LogP contribution is -2.49. The van der Waals surface area contributed by atoms with Gasteiger partial charge >= 0.3 is 0 Å². The van der Waals surface area contributed by atoms with Crippen molar-refractivity contribution in [2.24, 2.45) is 11.8 Å². The summed E-state index contributed by atoms with van der Waals surface area (Å²) in [4.78, 5) is 52.4. The summed E-state index contributed by atoms with van der Waals surface area (Å²) in [7, 11) is 0. The van der Waals surface area contributed by atoms with Gasteiger partial charge in [-0.15, -0.1) is 0 Å². The number of hydrogen-bond acceptors (Lipinski definition) is 5. The standard InChI is InChI=1S/C20H23N3O5/c24-17(12-23-18(25)14-4-1-2-5-15(14)19(23)26)21-13-7-9-22(10-8-13)20(27)16-6-3-11-28-16/h1-3,6,11,13-15H,4-5,7-10,12H2,(H,21,24). The van der Waals surface area contributed by atoms with E-state index in [1.807, 2.05) is 12.2 Å². The van der Waals surface area contributed by atoms with Crippen LogP contribution >= 0.6 is 0 Å². The quantitative estimate of drug-likeness (QED) is 0.614. The summed E-state index contributed by atoms with van der Waals surface area (Å²) in [5.74, 6) is -1.29. The molecule has 8 nitrogen and oxygen atoms in total. The Hall–Kier alpha value is -2.90. The van der Waals surface area contributed by atoms with Gasteiger partial charge in [0.25, 0.3) is 5.91 Å². The molecule has 2 unspecified atom stereocenters. The predicted octanol–water partition coefficient (Wildman–Crippen LogP) is 0.952. The van der Waals surface area contributed by atoms with Crippen LogP contribution < -0.4 is 5.32 Å². The van der Waals surface area contributed by atoms with Crippen LogP contribution in [0.2, 0.25) is 0 Å². The van der Waals surface area contributed by atoms with E-state index in [1.54, 1.807) is 17.0 Å². The Balaban J connectivity index is 1.27. The molecule has 1 aliphatic carbocycles. The van der Waals surface area contributed by atoms with Crippen LogP contribution in [0.4, 0.5) is 0 Å². The molecule has 2 aliphatic heterocycles. The Bertz CT molecular complexity index is 782. The van der Waals surface area contributed by atoms with Crippen molar-refractivity contribution in [3.8, 4) is 0 Å². The zero-order chi connectivity index (χ0) is 19.7. The maximum absolute atomic E-state index is 12.4. The molecule has 2 atom stereocenters. The second-order valence-electron chi connectivity index (χ2n) is 7.53. The average molecular weight is 385 g/mol. The Morgan fingerprint density at radius 3 is 2.29 bits per heavy atom. The van der Waals surface area contributed by atoms with E-state index in [-0.39, 0.29) is 48.1 Å². The van der Waals surface area contributed by atoms with E-state index in [0.717, 1.165) is 4.90 Å². The van der Waals surface area contributed by atoms with Crippen LogP contribution in [0.15, 0.2) is 35.0 Å². The van der Waals surface area contributed by atoms with E-state index >= 15 is 0 Å². The number of carbonyl (C=O) groups is 4. The second-order valence-corrected chi connectivity index (χ2v) is 7.53. The molecule has 4 amide bonds. The third-order valence-corrected chi connectivity index (χ3v) is 5.78. The minimum atomic E-state index is -0.330. The normalized spacial score (nSPS) is 25.1. The predicted molar refractivity (Wildman–Crippen MR) is 97.9 cm³/mol. The summed E-state index contributed by atoms with van der Waals surface area (Å²) in [6.07, 6.45) is 7.68. The maximum Gasteiger partial charge on any atom is 0.289 e. The maximum atomic E-state index is 12.4. The lowest BCUT2D eigenvalue weighted by molar-refractivity contribution is -0.143. The topological polar surface area (TPSA) is 99.9 Å². The van der Waals surface area contributed by atoms with Crippen molar-refractivity contribution >= 4 is 23.6 Å². The summed E-state index contributed by atoms with van der Waals surface area (Å²) < 4.78 is 5.14. The summed E-state index contributed by atoms with van der Waals surface area (Å²) in [6.45, 7) is 0.806. The molecule has 1 aromatic heterocycles. The number of nitrogens with one attached hydrogen (secondary N) is 1. The van der Waals surface area contributed by atoms with Gasteiger partial charge in [-0.25, -0.2) is 0 Å². The van der Waals surface area contributed by atoms with Crippen LogP contribution in [-0.4, -0.2) is 59.1 Å². The van der Waals surface area contributed by atoms with Crippen LogP contribution in [0, 0.1) is 11.8 Å². The largest absolute Gasteiger partial charge is 0.459 e. The summed E-state index contributed by atoms with van der Waals surface area (Å²) in [5.41, 5.74) is 0. The number of imide groups is 1. The smallest absolute Gasteiger partial charge is 0.289 e. The molecule has 3 aliphatic rings. The van der Waals surface area contributed by atoms with Crippen molar-refractivity contribution in [1.29, 1.82) is 0 Å². The van der Waals surface area contributed by atoms with Crippen LogP contribution in [-0.2, 0) is 14.4 Å². The first-order chi connectivity index (χ1) is 13.5. The molecule has 1 aromatic rings. The monoisotopic (exact) mass is 385 g/mol. The molecule has 8 heteroatoms. The van der Waals surface area contributed by atoms with E-state index < -0.39 is 0 Å². The SMILES string of the molecule is O=C(CN1C(=O)C2CC=CCC2C1=O)NC1CCN(C(=O)c2ccco2)CC1. The highest BCUT2D eigenvalue weighted by Gasteiger charge is 2.47. The van der Waals surface area contributed by atoms with Crippen LogP contribution in [0.1, 0.15) is 36.2 Å². The van der Waals surface area contributed by atoms with E-state index in [9.17, 15) is 19.2 Å². The van der Waals surface area contributed by atoms with Crippen molar-refractivity contribution < 1.29 is 23.6 Å². The summed E-state index contributed by atoms with van der Waals surface area (Å²) >= 11 is 0. The Labute approximate surface area is 162 Å². The summed E-state index contributed by atoms with van der Waals surface area (Å²) in [5, 5.41) is 2.90. The Morgan fingerprint density at radius 1 is 1.07 bits per heavy atom. The fourth-order valence-electron chi connectivity index (χ4n) is 4.22. The first-order valence-corrected chi connectivity index (χ1v) is 9.67. The second kappa shape index (κ2) is 7.61. The Kier molecular flexibility index (Phi) is 5.02. The number of carbonyl (C=O) groups excluding carboxylic acids is 4. The van der Waals surface area contributed by atoms with Gasteiger partial charge < -0.3 is 14.6 Å². The van der Waals surface area contributed by atoms with Crippen LogP contribution in [0.3, 0.4) is 0 Å². The fourth-order valence-corrected chi connectivity index (χ4v) is 4.22. The number of amides is 4. The molecule has 28 heavy (non-hydrogen) atoms. The minimum absolute atomic E-state index is 0.0788. The van der Waals surface area contributed by atoms with Crippen molar-refractivity contribution in [3.63, 3.8) is 0 Å². The van der Waals surface area contributed by atoms with E-state index in [1.165, 1.54) is 6.26 Å². The highest BCUT2D eigenvalue weighted by molar-refractivity contribution is 6.07. The first-order valence-electron chi connectivity index (χ1n) is 9.67. The number of allylic oxidation sites excluding steroid dienone is 2. The molecule has 3 heterocycles. The zero-order valence-electron chi connectivity index (χ0n) is 15.5. The van der Waals surface area contributed by atoms with E-state index in [0.29, 0.717) is 44.5 Å². The lowest BCUT2D eigenvalue weighted by atomic mass is 9.85. The molecule has 1 N–H and O–H groups in total. The van der Waals surface area contributed by atoms with Crippen LogP contribution in [0.25, 0.3) is 0 Å². The first kappa shape index (κ1) is 18.5. The van der Waals surface area contributed by atoms with Crippen molar-refractivity contribution in [1.82, 2.24) is 15.1 Å². The molecule has 148 valence electrons. The highest BCUT2D eigenvalue weighted by Crippen LogP contribution is 2.34. The third kappa shape index (κ3) is 3.46.